The van der Waals surface area contributed by atoms with Crippen molar-refractivity contribution in [3.8, 4) is 11.5 Å². The summed E-state index contributed by atoms with van der Waals surface area (Å²) in [6.07, 6.45) is 0.942. The van der Waals surface area contributed by atoms with Crippen LogP contribution in [-0.4, -0.2) is 31.2 Å². The first-order valence-electron chi connectivity index (χ1n) is 5.12. The van der Waals surface area contributed by atoms with E-state index in [9.17, 15) is 5.11 Å². The van der Waals surface area contributed by atoms with Crippen molar-refractivity contribution in [1.29, 1.82) is 0 Å². The molecule has 0 aliphatic heterocycles. The largest absolute Gasteiger partial charge is 0.504 e. The number of aromatic hydroxyl groups is 1. The lowest BCUT2D eigenvalue weighted by molar-refractivity contribution is 0.354. The highest BCUT2D eigenvalue weighted by molar-refractivity contribution is 5.48. The second kappa shape index (κ2) is 5.03. The molecule has 0 amide bonds. The van der Waals surface area contributed by atoms with Gasteiger partial charge in [-0.1, -0.05) is 13.0 Å². The van der Waals surface area contributed by atoms with Gasteiger partial charge in [0, 0.05) is 12.1 Å². The highest BCUT2D eigenvalue weighted by Crippen LogP contribution is 2.32. The number of phenolic OH excluding ortho intramolecular Hbond substituents is 1. The molecule has 1 aromatic carbocycles. The van der Waals surface area contributed by atoms with Gasteiger partial charge in [0.25, 0.3) is 0 Å². The summed E-state index contributed by atoms with van der Waals surface area (Å²) in [6.45, 7) is 2.81. The van der Waals surface area contributed by atoms with Crippen molar-refractivity contribution in [2.24, 2.45) is 0 Å². The fourth-order valence-electron chi connectivity index (χ4n) is 1.55. The van der Waals surface area contributed by atoms with Gasteiger partial charge in [0.2, 0.25) is 0 Å². The zero-order valence-electron chi connectivity index (χ0n) is 9.87. The molecule has 3 nitrogen and oxygen atoms in total. The highest BCUT2D eigenvalue weighted by atomic mass is 16.5. The maximum atomic E-state index is 9.91. The molecule has 15 heavy (non-hydrogen) atoms. The standard InChI is InChI=1S/C12H19NO2/c1-5-9-6-10(8-13(2)3)12(14)11(7-9)15-4/h6-7,14H,5,8H2,1-4H3. The molecular weight excluding hydrogens is 190 g/mol. The first kappa shape index (κ1) is 11.9. The third kappa shape index (κ3) is 2.86. The monoisotopic (exact) mass is 209 g/mol. The van der Waals surface area contributed by atoms with E-state index in [-0.39, 0.29) is 5.75 Å². The number of aryl methyl sites for hydroxylation is 1. The van der Waals surface area contributed by atoms with Gasteiger partial charge in [-0.25, -0.2) is 0 Å². The fourth-order valence-corrected chi connectivity index (χ4v) is 1.55. The Hall–Kier alpha value is -1.22. The van der Waals surface area contributed by atoms with Crippen LogP contribution in [0.1, 0.15) is 18.1 Å². The van der Waals surface area contributed by atoms with Crippen molar-refractivity contribution >= 4 is 0 Å². The van der Waals surface area contributed by atoms with E-state index < -0.39 is 0 Å². The van der Waals surface area contributed by atoms with E-state index in [0.717, 1.165) is 18.5 Å². The Morgan fingerprint density at radius 3 is 2.47 bits per heavy atom. The minimum Gasteiger partial charge on any atom is -0.504 e. The second-order valence-corrected chi connectivity index (χ2v) is 3.90. The van der Waals surface area contributed by atoms with E-state index in [4.69, 9.17) is 4.74 Å². The van der Waals surface area contributed by atoms with E-state index >= 15 is 0 Å². The van der Waals surface area contributed by atoms with E-state index in [1.165, 1.54) is 5.56 Å². The van der Waals surface area contributed by atoms with Crippen LogP contribution < -0.4 is 4.74 Å². The van der Waals surface area contributed by atoms with E-state index in [0.29, 0.717) is 5.75 Å². The summed E-state index contributed by atoms with van der Waals surface area (Å²) in [5.41, 5.74) is 2.10. The number of hydrogen-bond donors (Lipinski definition) is 1. The molecule has 0 unspecified atom stereocenters. The summed E-state index contributed by atoms with van der Waals surface area (Å²) < 4.78 is 5.14. The van der Waals surface area contributed by atoms with Crippen molar-refractivity contribution < 1.29 is 9.84 Å². The lowest BCUT2D eigenvalue weighted by Crippen LogP contribution is -2.11. The lowest BCUT2D eigenvalue weighted by Gasteiger charge is -2.14. The van der Waals surface area contributed by atoms with Gasteiger partial charge in [-0.15, -0.1) is 0 Å². The molecule has 0 aliphatic carbocycles. The average Bonchev–Trinajstić information content (AvgIpc) is 2.20. The van der Waals surface area contributed by atoms with Crippen LogP contribution in [0.15, 0.2) is 12.1 Å². The average molecular weight is 209 g/mol. The summed E-state index contributed by atoms with van der Waals surface area (Å²) in [4.78, 5) is 2.02. The van der Waals surface area contributed by atoms with Gasteiger partial charge in [-0.2, -0.15) is 0 Å². The Bertz CT molecular complexity index is 335. The van der Waals surface area contributed by atoms with E-state index in [2.05, 4.69) is 6.92 Å². The topological polar surface area (TPSA) is 32.7 Å². The van der Waals surface area contributed by atoms with Gasteiger partial charge in [-0.3, -0.25) is 0 Å². The molecule has 0 spiro atoms. The van der Waals surface area contributed by atoms with Crippen LogP contribution in [0.3, 0.4) is 0 Å². The van der Waals surface area contributed by atoms with Crippen LogP contribution in [0, 0.1) is 0 Å². The summed E-state index contributed by atoms with van der Waals surface area (Å²) in [6, 6.07) is 3.91. The molecule has 0 radical (unpaired) electrons. The number of rotatable bonds is 4. The number of phenols is 1. The number of benzene rings is 1. The van der Waals surface area contributed by atoms with Crippen molar-refractivity contribution in [2.45, 2.75) is 19.9 Å². The van der Waals surface area contributed by atoms with Crippen LogP contribution in [0.5, 0.6) is 11.5 Å². The Morgan fingerprint density at radius 2 is 2.00 bits per heavy atom. The molecule has 0 heterocycles. The van der Waals surface area contributed by atoms with Crippen molar-refractivity contribution in [2.75, 3.05) is 21.2 Å². The van der Waals surface area contributed by atoms with Crippen LogP contribution in [0.4, 0.5) is 0 Å². The summed E-state index contributed by atoms with van der Waals surface area (Å²) in [5.74, 6) is 0.814. The molecule has 1 aromatic rings. The molecule has 0 saturated heterocycles. The molecular formula is C12H19NO2. The van der Waals surface area contributed by atoms with E-state index in [1.807, 2.05) is 31.1 Å². The van der Waals surface area contributed by atoms with Gasteiger partial charge < -0.3 is 14.7 Å². The van der Waals surface area contributed by atoms with Gasteiger partial charge in [0.05, 0.1) is 7.11 Å². The lowest BCUT2D eigenvalue weighted by atomic mass is 10.1. The Balaban J connectivity index is 3.12. The quantitative estimate of drug-likeness (QED) is 0.823. The minimum atomic E-state index is 0.253. The summed E-state index contributed by atoms with van der Waals surface area (Å²) >= 11 is 0. The molecule has 84 valence electrons. The fraction of sp³-hybridized carbons (Fsp3) is 0.500. The number of hydrogen-bond acceptors (Lipinski definition) is 3. The molecule has 0 saturated carbocycles. The van der Waals surface area contributed by atoms with Gasteiger partial charge >= 0.3 is 0 Å². The number of methoxy groups -OCH3 is 1. The van der Waals surface area contributed by atoms with Crippen molar-refractivity contribution in [3.05, 3.63) is 23.3 Å². The molecule has 1 N–H and O–H groups in total. The van der Waals surface area contributed by atoms with Crippen molar-refractivity contribution in [1.82, 2.24) is 4.90 Å². The van der Waals surface area contributed by atoms with E-state index in [1.54, 1.807) is 7.11 Å². The number of ether oxygens (including phenoxy) is 1. The third-order valence-corrected chi connectivity index (χ3v) is 2.33. The SMILES string of the molecule is CCc1cc(CN(C)C)c(O)c(OC)c1. The van der Waals surface area contributed by atoms with Gasteiger partial charge in [0.15, 0.2) is 11.5 Å². The van der Waals surface area contributed by atoms with Gasteiger partial charge in [-0.05, 0) is 32.1 Å². The molecule has 0 fully saturated rings. The third-order valence-electron chi connectivity index (χ3n) is 2.33. The predicted molar refractivity (Wildman–Crippen MR) is 61.4 cm³/mol. The predicted octanol–water partition coefficient (Wildman–Crippen LogP) is 2.02. The zero-order valence-corrected chi connectivity index (χ0v) is 9.87. The first-order chi connectivity index (χ1) is 7.08. The molecule has 0 aliphatic rings. The maximum absolute atomic E-state index is 9.91. The van der Waals surface area contributed by atoms with Crippen LogP contribution >= 0.6 is 0 Å². The van der Waals surface area contributed by atoms with Crippen molar-refractivity contribution in [3.63, 3.8) is 0 Å². The minimum absolute atomic E-state index is 0.253. The molecule has 0 atom stereocenters. The number of nitrogens with zero attached hydrogens (tertiary/aromatic N) is 1. The summed E-state index contributed by atoms with van der Waals surface area (Å²) in [7, 11) is 5.53. The second-order valence-electron chi connectivity index (χ2n) is 3.90. The normalized spacial score (nSPS) is 10.7. The van der Waals surface area contributed by atoms with Gasteiger partial charge in [0.1, 0.15) is 0 Å². The molecule has 0 bridgehead atoms. The van der Waals surface area contributed by atoms with Crippen LogP contribution in [0.2, 0.25) is 0 Å². The zero-order chi connectivity index (χ0) is 11.4. The van der Waals surface area contributed by atoms with Crippen LogP contribution in [-0.2, 0) is 13.0 Å². The highest BCUT2D eigenvalue weighted by Gasteiger charge is 2.10. The summed E-state index contributed by atoms with van der Waals surface area (Å²) in [5, 5.41) is 9.91. The first-order valence-corrected chi connectivity index (χ1v) is 5.12. The molecule has 3 heteroatoms. The maximum Gasteiger partial charge on any atom is 0.162 e. The molecule has 0 aromatic heterocycles. The van der Waals surface area contributed by atoms with Crippen LogP contribution in [0.25, 0.3) is 0 Å². The molecule has 1 rings (SSSR count). The Kier molecular flexibility index (Phi) is 3.97. The Morgan fingerprint density at radius 1 is 1.33 bits per heavy atom. The smallest absolute Gasteiger partial charge is 0.162 e. The Labute approximate surface area is 91.3 Å².